The van der Waals surface area contributed by atoms with E-state index in [1.54, 1.807) is 0 Å². The molecule has 1 atom stereocenters. The second kappa shape index (κ2) is 8.57. The lowest BCUT2D eigenvalue weighted by molar-refractivity contribution is 0.183. The summed E-state index contributed by atoms with van der Waals surface area (Å²) in [5, 5.41) is 0. The number of sulfone groups is 1. The van der Waals surface area contributed by atoms with Crippen LogP contribution < -0.4 is 9.64 Å². The van der Waals surface area contributed by atoms with Gasteiger partial charge in [-0.1, -0.05) is 26.7 Å². The average molecular weight is 340 g/mol. The Morgan fingerprint density at radius 1 is 1.09 bits per heavy atom. The molecule has 0 spiro atoms. The first kappa shape index (κ1) is 18.1. The average Bonchev–Trinajstić information content (AvgIpc) is 2.55. The van der Waals surface area contributed by atoms with E-state index in [1.165, 1.54) is 19.3 Å². The molecule has 130 valence electrons. The summed E-state index contributed by atoms with van der Waals surface area (Å²) in [6.07, 6.45) is 6.13. The lowest BCUT2D eigenvalue weighted by Gasteiger charge is -2.29. The van der Waals surface area contributed by atoms with Crippen LogP contribution in [-0.4, -0.2) is 39.1 Å². The van der Waals surface area contributed by atoms with Gasteiger partial charge in [-0.3, -0.25) is 0 Å². The van der Waals surface area contributed by atoms with Gasteiger partial charge < -0.3 is 9.64 Å². The standard InChI is InChI=1S/C18H29NO3S/c1-3-5-6-7-17(4-2)22-18-10-8-16(9-11-18)19-12-14-23(20,21)15-13-19/h8-11,17H,3-7,12-15H2,1-2H3. The molecule has 1 aromatic rings. The number of anilines is 1. The van der Waals surface area contributed by atoms with E-state index in [0.717, 1.165) is 24.3 Å². The quantitative estimate of drug-likeness (QED) is 0.678. The Morgan fingerprint density at radius 2 is 1.74 bits per heavy atom. The summed E-state index contributed by atoms with van der Waals surface area (Å²) >= 11 is 0. The minimum absolute atomic E-state index is 0.251. The van der Waals surface area contributed by atoms with Crippen LogP contribution in [0.3, 0.4) is 0 Å². The maximum absolute atomic E-state index is 11.5. The topological polar surface area (TPSA) is 46.6 Å². The summed E-state index contributed by atoms with van der Waals surface area (Å²) in [6, 6.07) is 8.07. The van der Waals surface area contributed by atoms with Crippen LogP contribution in [0.15, 0.2) is 24.3 Å². The molecule has 2 rings (SSSR count). The number of unbranched alkanes of at least 4 members (excludes halogenated alkanes) is 2. The Morgan fingerprint density at radius 3 is 2.30 bits per heavy atom. The normalized spacial score (nSPS) is 18.6. The highest BCUT2D eigenvalue weighted by Crippen LogP contribution is 2.23. The summed E-state index contributed by atoms with van der Waals surface area (Å²) in [6.45, 7) is 5.54. The van der Waals surface area contributed by atoms with E-state index in [0.29, 0.717) is 13.1 Å². The van der Waals surface area contributed by atoms with E-state index in [-0.39, 0.29) is 17.6 Å². The Hall–Kier alpha value is -1.23. The molecule has 1 unspecified atom stereocenters. The van der Waals surface area contributed by atoms with Crippen molar-refractivity contribution in [3.63, 3.8) is 0 Å². The molecule has 5 heteroatoms. The zero-order chi connectivity index (χ0) is 16.7. The van der Waals surface area contributed by atoms with Gasteiger partial charge in [0.15, 0.2) is 9.84 Å². The second-order valence-corrected chi connectivity index (χ2v) is 8.58. The Kier molecular flexibility index (Phi) is 6.75. The summed E-state index contributed by atoms with van der Waals surface area (Å²) < 4.78 is 29.1. The number of ether oxygens (including phenoxy) is 1. The van der Waals surface area contributed by atoms with Gasteiger partial charge in [-0.05, 0) is 43.5 Å². The molecule has 23 heavy (non-hydrogen) atoms. The third-order valence-electron chi connectivity index (χ3n) is 4.43. The zero-order valence-corrected chi connectivity index (χ0v) is 15.1. The predicted molar refractivity (Wildman–Crippen MR) is 96.2 cm³/mol. The molecule has 1 aromatic carbocycles. The summed E-state index contributed by atoms with van der Waals surface area (Å²) in [4.78, 5) is 2.13. The van der Waals surface area contributed by atoms with Crippen molar-refractivity contribution in [2.45, 2.75) is 52.1 Å². The van der Waals surface area contributed by atoms with Crippen molar-refractivity contribution in [3.05, 3.63) is 24.3 Å². The minimum Gasteiger partial charge on any atom is -0.490 e. The second-order valence-electron chi connectivity index (χ2n) is 6.28. The number of rotatable bonds is 8. The highest BCUT2D eigenvalue weighted by molar-refractivity contribution is 7.91. The zero-order valence-electron chi connectivity index (χ0n) is 14.3. The molecule has 0 aliphatic carbocycles. The molecule has 1 heterocycles. The van der Waals surface area contributed by atoms with E-state index >= 15 is 0 Å². The van der Waals surface area contributed by atoms with Crippen molar-refractivity contribution >= 4 is 15.5 Å². The number of hydrogen-bond acceptors (Lipinski definition) is 4. The Labute approximate surface area is 140 Å². The number of hydrogen-bond donors (Lipinski definition) is 0. The van der Waals surface area contributed by atoms with Gasteiger partial charge in [0.1, 0.15) is 5.75 Å². The molecule has 4 nitrogen and oxygen atoms in total. The number of benzene rings is 1. The Bertz CT molecular complexity index is 554. The molecule has 1 aliphatic heterocycles. The summed E-state index contributed by atoms with van der Waals surface area (Å²) in [7, 11) is -2.83. The van der Waals surface area contributed by atoms with Crippen LogP contribution in [-0.2, 0) is 9.84 Å². The molecule has 0 aromatic heterocycles. The van der Waals surface area contributed by atoms with E-state index < -0.39 is 9.84 Å². The van der Waals surface area contributed by atoms with Crippen LogP contribution in [0.2, 0.25) is 0 Å². The maximum atomic E-state index is 11.5. The van der Waals surface area contributed by atoms with Gasteiger partial charge >= 0.3 is 0 Å². The smallest absolute Gasteiger partial charge is 0.153 e. The first-order valence-corrected chi connectivity index (χ1v) is 10.6. The lowest BCUT2D eigenvalue weighted by Crippen LogP contribution is -2.40. The molecule has 0 radical (unpaired) electrons. The van der Waals surface area contributed by atoms with Crippen LogP contribution in [0, 0.1) is 0 Å². The van der Waals surface area contributed by atoms with E-state index in [2.05, 4.69) is 18.7 Å². The van der Waals surface area contributed by atoms with E-state index in [1.807, 2.05) is 24.3 Å². The first-order valence-electron chi connectivity index (χ1n) is 8.76. The first-order chi connectivity index (χ1) is 11.0. The largest absolute Gasteiger partial charge is 0.490 e. The highest BCUT2D eigenvalue weighted by atomic mass is 32.2. The molecule has 0 saturated carbocycles. The molecule has 1 aliphatic rings. The lowest BCUT2D eigenvalue weighted by atomic mass is 10.1. The SMILES string of the molecule is CCCCCC(CC)Oc1ccc(N2CCS(=O)(=O)CC2)cc1. The molecule has 1 fully saturated rings. The molecular weight excluding hydrogens is 310 g/mol. The van der Waals surface area contributed by atoms with Crippen LogP contribution in [0.5, 0.6) is 5.75 Å². The van der Waals surface area contributed by atoms with Gasteiger partial charge in [0.25, 0.3) is 0 Å². The fourth-order valence-electron chi connectivity index (χ4n) is 2.87. The van der Waals surface area contributed by atoms with Gasteiger partial charge in [-0.25, -0.2) is 8.42 Å². The van der Waals surface area contributed by atoms with Crippen LogP contribution in [0.4, 0.5) is 5.69 Å². The minimum atomic E-state index is -2.83. The van der Waals surface area contributed by atoms with E-state index in [4.69, 9.17) is 4.74 Å². The summed E-state index contributed by atoms with van der Waals surface area (Å²) in [5.74, 6) is 1.41. The van der Waals surface area contributed by atoms with Crippen molar-refractivity contribution < 1.29 is 13.2 Å². The monoisotopic (exact) mass is 339 g/mol. The fourth-order valence-corrected chi connectivity index (χ4v) is 4.07. The Balaban J connectivity index is 1.89. The van der Waals surface area contributed by atoms with Crippen molar-refractivity contribution in [2.24, 2.45) is 0 Å². The fraction of sp³-hybridized carbons (Fsp3) is 0.667. The molecular formula is C18H29NO3S. The van der Waals surface area contributed by atoms with Gasteiger partial charge in [0.05, 0.1) is 17.6 Å². The molecule has 0 N–H and O–H groups in total. The van der Waals surface area contributed by atoms with Crippen LogP contribution in [0.1, 0.15) is 46.0 Å². The van der Waals surface area contributed by atoms with Crippen molar-refractivity contribution in [1.29, 1.82) is 0 Å². The van der Waals surface area contributed by atoms with Crippen molar-refractivity contribution in [1.82, 2.24) is 0 Å². The van der Waals surface area contributed by atoms with Crippen LogP contribution >= 0.6 is 0 Å². The maximum Gasteiger partial charge on any atom is 0.153 e. The molecule has 1 saturated heterocycles. The van der Waals surface area contributed by atoms with Gasteiger partial charge in [-0.2, -0.15) is 0 Å². The summed E-state index contributed by atoms with van der Waals surface area (Å²) in [5.41, 5.74) is 1.08. The van der Waals surface area contributed by atoms with Crippen molar-refractivity contribution in [2.75, 3.05) is 29.5 Å². The highest BCUT2D eigenvalue weighted by Gasteiger charge is 2.21. The van der Waals surface area contributed by atoms with Gasteiger partial charge in [0.2, 0.25) is 0 Å². The van der Waals surface area contributed by atoms with E-state index in [9.17, 15) is 8.42 Å². The third kappa shape index (κ3) is 5.72. The third-order valence-corrected chi connectivity index (χ3v) is 6.04. The molecule has 0 bridgehead atoms. The molecule has 0 amide bonds. The number of nitrogens with zero attached hydrogens (tertiary/aromatic N) is 1. The van der Waals surface area contributed by atoms with Crippen LogP contribution in [0.25, 0.3) is 0 Å². The van der Waals surface area contributed by atoms with Gasteiger partial charge in [0, 0.05) is 18.8 Å². The van der Waals surface area contributed by atoms with Gasteiger partial charge in [-0.15, -0.1) is 0 Å². The predicted octanol–water partition coefficient (Wildman–Crippen LogP) is 3.66. The van der Waals surface area contributed by atoms with Crippen molar-refractivity contribution in [3.8, 4) is 5.75 Å².